The highest BCUT2D eigenvalue weighted by Crippen LogP contribution is 2.32. The number of hydrogen-bond acceptors (Lipinski definition) is 3. The lowest BCUT2D eigenvalue weighted by molar-refractivity contribution is -0.112. The molecule has 0 saturated heterocycles. The molecular weight excluding hydrogens is 410 g/mol. The van der Waals surface area contributed by atoms with Crippen LogP contribution in [0.1, 0.15) is 11.1 Å². The van der Waals surface area contributed by atoms with Crippen molar-refractivity contribution < 1.29 is 4.79 Å². The zero-order valence-corrected chi connectivity index (χ0v) is 14.8. The van der Waals surface area contributed by atoms with Crippen molar-refractivity contribution >= 4 is 49.5 Å². The van der Waals surface area contributed by atoms with Gasteiger partial charge in [0.1, 0.15) is 11.6 Å². The quantitative estimate of drug-likeness (QED) is 0.588. The molecule has 0 spiro atoms. The maximum Gasteiger partial charge on any atom is 0.266 e. The number of aromatic nitrogens is 1. The number of pyridine rings is 1. The first kappa shape index (κ1) is 16.4. The highest BCUT2D eigenvalue weighted by atomic mass is 79.9. The van der Waals surface area contributed by atoms with Gasteiger partial charge in [0, 0.05) is 21.3 Å². The molecule has 0 aliphatic carbocycles. The lowest BCUT2D eigenvalue weighted by Gasteiger charge is -2.10. The van der Waals surface area contributed by atoms with Crippen molar-refractivity contribution in [2.45, 2.75) is 6.92 Å². The molecule has 0 fully saturated rings. The van der Waals surface area contributed by atoms with E-state index in [4.69, 9.17) is 0 Å². The van der Waals surface area contributed by atoms with Gasteiger partial charge in [0.05, 0.1) is 5.69 Å². The molecule has 1 aromatic heterocycles. The number of anilines is 1. The van der Waals surface area contributed by atoms with Gasteiger partial charge in [0.2, 0.25) is 0 Å². The van der Waals surface area contributed by atoms with E-state index in [0.29, 0.717) is 5.69 Å². The van der Waals surface area contributed by atoms with Gasteiger partial charge in [-0.15, -0.1) is 0 Å². The van der Waals surface area contributed by atoms with Crippen LogP contribution >= 0.6 is 31.9 Å². The van der Waals surface area contributed by atoms with Crippen LogP contribution in [0, 0.1) is 18.3 Å². The third-order valence-corrected chi connectivity index (χ3v) is 4.06. The molecule has 6 heteroatoms. The van der Waals surface area contributed by atoms with E-state index in [0.717, 1.165) is 20.1 Å². The fourth-order valence-electron chi connectivity index (χ4n) is 1.78. The van der Waals surface area contributed by atoms with Crippen molar-refractivity contribution in [1.29, 1.82) is 5.26 Å². The normalized spacial score (nSPS) is 10.9. The highest BCUT2D eigenvalue weighted by Gasteiger charge is 2.14. The molecular formula is C16H11Br2N3O. The largest absolute Gasteiger partial charge is 0.319 e. The third-order valence-electron chi connectivity index (χ3n) is 2.81. The Balaban J connectivity index is 2.28. The Hall–Kier alpha value is -1.97. The number of nitriles is 1. The van der Waals surface area contributed by atoms with E-state index < -0.39 is 5.91 Å². The second-order valence-corrected chi connectivity index (χ2v) is 6.22. The Labute approximate surface area is 145 Å². The molecule has 1 amide bonds. The lowest BCUT2D eigenvalue weighted by atomic mass is 10.1. The van der Waals surface area contributed by atoms with Gasteiger partial charge in [0.25, 0.3) is 5.91 Å². The third kappa shape index (κ3) is 4.03. The van der Waals surface area contributed by atoms with E-state index in [1.54, 1.807) is 24.5 Å². The molecule has 1 aromatic carbocycles. The first-order valence-electron chi connectivity index (χ1n) is 6.30. The van der Waals surface area contributed by atoms with Gasteiger partial charge in [0.15, 0.2) is 0 Å². The van der Waals surface area contributed by atoms with Gasteiger partial charge in [-0.05, 0) is 80.3 Å². The minimum atomic E-state index is -0.468. The Kier molecular flexibility index (Phi) is 5.47. The summed E-state index contributed by atoms with van der Waals surface area (Å²) in [5, 5.41) is 11.9. The van der Waals surface area contributed by atoms with Gasteiger partial charge in [-0.2, -0.15) is 5.26 Å². The first-order valence-corrected chi connectivity index (χ1v) is 7.88. The molecule has 0 saturated carbocycles. The average Bonchev–Trinajstić information content (AvgIpc) is 2.49. The predicted octanol–water partition coefficient (Wildman–Crippen LogP) is 4.46. The summed E-state index contributed by atoms with van der Waals surface area (Å²) in [7, 11) is 0. The van der Waals surface area contributed by atoms with E-state index >= 15 is 0 Å². The van der Waals surface area contributed by atoms with Crippen molar-refractivity contribution in [1.82, 2.24) is 4.98 Å². The smallest absolute Gasteiger partial charge is 0.266 e. The van der Waals surface area contributed by atoms with Crippen LogP contribution in [-0.4, -0.2) is 10.9 Å². The molecule has 1 heterocycles. The van der Waals surface area contributed by atoms with E-state index in [2.05, 4.69) is 42.2 Å². The maximum absolute atomic E-state index is 12.3. The molecule has 1 N–H and O–H groups in total. The van der Waals surface area contributed by atoms with Crippen LogP contribution < -0.4 is 5.32 Å². The number of benzene rings is 1. The number of amides is 1. The minimum Gasteiger partial charge on any atom is -0.319 e. The van der Waals surface area contributed by atoms with E-state index in [1.807, 2.05) is 25.1 Å². The van der Waals surface area contributed by atoms with E-state index in [1.165, 1.54) is 6.08 Å². The van der Waals surface area contributed by atoms with Crippen LogP contribution in [0.25, 0.3) is 6.08 Å². The Morgan fingerprint density at radius 1 is 1.27 bits per heavy atom. The molecule has 0 aliphatic heterocycles. The number of aryl methyl sites for hydroxylation is 1. The van der Waals surface area contributed by atoms with Gasteiger partial charge >= 0.3 is 0 Å². The maximum atomic E-state index is 12.3. The van der Waals surface area contributed by atoms with Crippen LogP contribution in [0.2, 0.25) is 0 Å². The Morgan fingerprint density at radius 3 is 2.41 bits per heavy atom. The predicted molar refractivity (Wildman–Crippen MR) is 93.0 cm³/mol. The van der Waals surface area contributed by atoms with Crippen LogP contribution in [0.15, 0.2) is 51.2 Å². The van der Waals surface area contributed by atoms with E-state index in [9.17, 15) is 10.1 Å². The van der Waals surface area contributed by atoms with Crippen LogP contribution in [0.3, 0.4) is 0 Å². The molecule has 0 aliphatic rings. The number of nitrogens with zero attached hydrogens (tertiary/aromatic N) is 2. The summed E-state index contributed by atoms with van der Waals surface area (Å²) in [6.07, 6.45) is 4.73. The second kappa shape index (κ2) is 7.34. The highest BCUT2D eigenvalue weighted by molar-refractivity contribution is 9.11. The summed E-state index contributed by atoms with van der Waals surface area (Å²) in [6, 6.07) is 9.14. The summed E-state index contributed by atoms with van der Waals surface area (Å²) in [6.45, 7) is 1.95. The summed E-state index contributed by atoms with van der Waals surface area (Å²) in [5.74, 6) is -0.468. The number of carbonyl (C=O) groups excluding carboxylic acids is 1. The monoisotopic (exact) mass is 419 g/mol. The summed E-state index contributed by atoms with van der Waals surface area (Å²) < 4.78 is 1.49. The standard InChI is InChI=1S/C16H11Br2N3O/c1-10-6-13(17)15(14(18)7-10)21-16(22)12(9-19)8-11-2-4-20-5-3-11/h2-8H,1H3,(H,21,22)/b12-8+. The SMILES string of the molecule is Cc1cc(Br)c(NC(=O)/C(C#N)=C/c2ccncc2)c(Br)c1. The van der Waals surface area contributed by atoms with Crippen molar-refractivity contribution in [3.05, 3.63) is 62.3 Å². The Morgan fingerprint density at radius 2 is 1.86 bits per heavy atom. The summed E-state index contributed by atoms with van der Waals surface area (Å²) in [4.78, 5) is 16.2. The zero-order chi connectivity index (χ0) is 16.1. The first-order chi connectivity index (χ1) is 10.5. The average molecular weight is 421 g/mol. The molecule has 2 aromatic rings. The number of carbonyl (C=O) groups is 1. The van der Waals surface area contributed by atoms with Crippen molar-refractivity contribution in [2.75, 3.05) is 5.32 Å². The van der Waals surface area contributed by atoms with Crippen molar-refractivity contribution in [3.63, 3.8) is 0 Å². The molecule has 2 rings (SSSR count). The summed E-state index contributed by atoms with van der Waals surface area (Å²) in [5.41, 5.74) is 2.39. The van der Waals surface area contributed by atoms with Crippen molar-refractivity contribution in [3.8, 4) is 6.07 Å². The number of rotatable bonds is 3. The number of nitrogens with one attached hydrogen (secondary N) is 1. The molecule has 0 bridgehead atoms. The molecule has 0 unspecified atom stereocenters. The molecule has 22 heavy (non-hydrogen) atoms. The van der Waals surface area contributed by atoms with Crippen LogP contribution in [0.5, 0.6) is 0 Å². The lowest BCUT2D eigenvalue weighted by Crippen LogP contribution is -2.14. The van der Waals surface area contributed by atoms with Gasteiger partial charge in [-0.3, -0.25) is 9.78 Å². The van der Waals surface area contributed by atoms with Gasteiger partial charge in [-0.1, -0.05) is 0 Å². The molecule has 0 radical (unpaired) electrons. The number of hydrogen-bond donors (Lipinski definition) is 1. The molecule has 0 atom stereocenters. The number of halogens is 2. The minimum absolute atomic E-state index is 0.0191. The Bertz CT molecular complexity index is 757. The zero-order valence-electron chi connectivity index (χ0n) is 11.6. The fraction of sp³-hybridized carbons (Fsp3) is 0.0625. The van der Waals surface area contributed by atoms with Crippen LogP contribution in [-0.2, 0) is 4.79 Å². The molecule has 4 nitrogen and oxygen atoms in total. The second-order valence-electron chi connectivity index (χ2n) is 4.51. The fourth-order valence-corrected chi connectivity index (χ4v) is 3.39. The van der Waals surface area contributed by atoms with Crippen LogP contribution in [0.4, 0.5) is 5.69 Å². The van der Waals surface area contributed by atoms with Crippen molar-refractivity contribution in [2.24, 2.45) is 0 Å². The van der Waals surface area contributed by atoms with Gasteiger partial charge in [-0.25, -0.2) is 0 Å². The topological polar surface area (TPSA) is 65.8 Å². The van der Waals surface area contributed by atoms with Gasteiger partial charge < -0.3 is 5.32 Å². The molecule has 110 valence electrons. The van der Waals surface area contributed by atoms with E-state index in [-0.39, 0.29) is 5.57 Å². The summed E-state index contributed by atoms with van der Waals surface area (Å²) >= 11 is 6.82.